The van der Waals surface area contributed by atoms with Crippen molar-refractivity contribution in [1.29, 1.82) is 0 Å². The Hall–Kier alpha value is -0.900. The van der Waals surface area contributed by atoms with Crippen LogP contribution in [0, 0.1) is 0 Å². The molecule has 18 heavy (non-hydrogen) atoms. The van der Waals surface area contributed by atoms with Gasteiger partial charge in [-0.3, -0.25) is 0 Å². The van der Waals surface area contributed by atoms with Gasteiger partial charge in [-0.1, -0.05) is 24.3 Å². The van der Waals surface area contributed by atoms with E-state index >= 15 is 0 Å². The summed E-state index contributed by atoms with van der Waals surface area (Å²) in [6.07, 6.45) is 2.63. The number of hydrogen-bond donors (Lipinski definition) is 2. The smallest absolute Gasteiger partial charge is 0.131 e. The lowest BCUT2D eigenvalue weighted by atomic mass is 9.97. The van der Waals surface area contributed by atoms with Gasteiger partial charge in [0.25, 0.3) is 0 Å². The second-order valence-corrected chi connectivity index (χ2v) is 5.43. The molecule has 0 amide bonds. The molecule has 3 N–H and O–H groups in total. The third-order valence-electron chi connectivity index (χ3n) is 3.56. The van der Waals surface area contributed by atoms with Gasteiger partial charge in [0.1, 0.15) is 12.6 Å². The first-order valence-corrected chi connectivity index (χ1v) is 7.07. The van der Waals surface area contributed by atoms with E-state index in [0.29, 0.717) is 6.10 Å². The Balaban J connectivity index is 1.77. The highest BCUT2D eigenvalue weighted by atomic mass is 16.5. The number of fused-ring (bicyclic) bond motifs is 1. The van der Waals surface area contributed by atoms with Crippen LogP contribution in [0.3, 0.4) is 0 Å². The monoisotopic (exact) mass is 250 g/mol. The third-order valence-corrected chi connectivity index (χ3v) is 3.56. The Labute approximate surface area is 110 Å². The van der Waals surface area contributed by atoms with Gasteiger partial charge >= 0.3 is 0 Å². The van der Waals surface area contributed by atoms with Gasteiger partial charge in [0, 0.05) is 6.42 Å². The molecule has 0 aromatic heterocycles. The van der Waals surface area contributed by atoms with E-state index in [4.69, 9.17) is 4.74 Å². The maximum atomic E-state index is 5.90. The molecule has 0 radical (unpaired) electrons. The molecule has 0 aliphatic carbocycles. The molecule has 2 rings (SSSR count). The SMILES string of the molecule is C[NH+](C)CCC[NH2+]CC1OCCc2ccccc21. The maximum absolute atomic E-state index is 5.90. The highest BCUT2D eigenvalue weighted by molar-refractivity contribution is 5.30. The zero-order valence-corrected chi connectivity index (χ0v) is 11.6. The van der Waals surface area contributed by atoms with Crippen molar-refractivity contribution in [2.24, 2.45) is 0 Å². The van der Waals surface area contributed by atoms with Crippen LogP contribution in [0.15, 0.2) is 24.3 Å². The van der Waals surface area contributed by atoms with Crippen LogP contribution in [0.1, 0.15) is 23.7 Å². The summed E-state index contributed by atoms with van der Waals surface area (Å²) < 4.78 is 5.90. The molecule has 0 fully saturated rings. The van der Waals surface area contributed by atoms with Crippen molar-refractivity contribution in [1.82, 2.24) is 0 Å². The van der Waals surface area contributed by atoms with Crippen molar-refractivity contribution < 1.29 is 15.0 Å². The minimum Gasteiger partial charge on any atom is -0.367 e. The van der Waals surface area contributed by atoms with Crippen molar-refractivity contribution in [3.05, 3.63) is 35.4 Å². The van der Waals surface area contributed by atoms with Gasteiger partial charge < -0.3 is 15.0 Å². The largest absolute Gasteiger partial charge is 0.367 e. The molecule has 1 aromatic rings. The lowest BCUT2D eigenvalue weighted by Gasteiger charge is -2.24. The summed E-state index contributed by atoms with van der Waals surface area (Å²) in [7, 11) is 4.42. The first-order chi connectivity index (χ1) is 8.77. The lowest BCUT2D eigenvalue weighted by Crippen LogP contribution is -3.06. The molecule has 1 aliphatic rings. The van der Waals surface area contributed by atoms with Crippen LogP contribution in [0.5, 0.6) is 0 Å². The molecule has 3 heteroatoms. The zero-order chi connectivity index (χ0) is 12.8. The molecular weight excluding hydrogens is 224 g/mol. The lowest BCUT2D eigenvalue weighted by molar-refractivity contribution is -0.860. The van der Waals surface area contributed by atoms with Crippen molar-refractivity contribution >= 4 is 0 Å². The predicted molar refractivity (Wildman–Crippen MR) is 72.8 cm³/mol. The van der Waals surface area contributed by atoms with Crippen molar-refractivity contribution in [3.8, 4) is 0 Å². The molecule has 100 valence electrons. The molecule has 1 heterocycles. The van der Waals surface area contributed by atoms with Gasteiger partial charge in [0.05, 0.1) is 33.8 Å². The molecule has 1 aromatic carbocycles. The molecule has 0 bridgehead atoms. The minimum absolute atomic E-state index is 0.293. The molecule has 0 saturated carbocycles. The summed E-state index contributed by atoms with van der Waals surface area (Å²) in [4.78, 5) is 1.53. The number of nitrogens with one attached hydrogen (secondary N) is 1. The fourth-order valence-electron chi connectivity index (χ4n) is 2.54. The molecule has 0 spiro atoms. The Bertz CT molecular complexity index is 365. The van der Waals surface area contributed by atoms with Gasteiger partial charge in [-0.2, -0.15) is 0 Å². The molecular formula is C15H26N2O+2. The van der Waals surface area contributed by atoms with Crippen molar-refractivity contribution in [2.75, 3.05) is 40.3 Å². The molecule has 3 nitrogen and oxygen atoms in total. The van der Waals surface area contributed by atoms with Crippen molar-refractivity contribution in [2.45, 2.75) is 18.9 Å². The molecule has 0 saturated heterocycles. The Kier molecular flexibility index (Phi) is 5.17. The Morgan fingerprint density at radius 2 is 2.17 bits per heavy atom. The zero-order valence-electron chi connectivity index (χ0n) is 11.6. The third kappa shape index (κ3) is 3.80. The number of hydrogen-bond acceptors (Lipinski definition) is 1. The van der Waals surface area contributed by atoms with Gasteiger partial charge in [0.15, 0.2) is 0 Å². The van der Waals surface area contributed by atoms with E-state index in [1.165, 1.54) is 35.5 Å². The van der Waals surface area contributed by atoms with Crippen LogP contribution in [-0.2, 0) is 11.2 Å². The van der Waals surface area contributed by atoms with Crippen LogP contribution in [0.4, 0.5) is 0 Å². The van der Waals surface area contributed by atoms with Crippen molar-refractivity contribution in [3.63, 3.8) is 0 Å². The average molecular weight is 250 g/mol. The van der Waals surface area contributed by atoms with E-state index in [1.54, 1.807) is 0 Å². The number of nitrogens with two attached hydrogens (primary N) is 1. The van der Waals surface area contributed by atoms with Crippen LogP contribution >= 0.6 is 0 Å². The number of rotatable bonds is 6. The maximum Gasteiger partial charge on any atom is 0.131 e. The first-order valence-electron chi connectivity index (χ1n) is 7.07. The topological polar surface area (TPSA) is 30.3 Å². The Morgan fingerprint density at radius 3 is 3.00 bits per heavy atom. The second-order valence-electron chi connectivity index (χ2n) is 5.43. The van der Waals surface area contributed by atoms with Crippen LogP contribution < -0.4 is 10.2 Å². The summed E-state index contributed by atoms with van der Waals surface area (Å²) in [5.74, 6) is 0. The van der Waals surface area contributed by atoms with E-state index in [9.17, 15) is 0 Å². The van der Waals surface area contributed by atoms with Crippen LogP contribution in [0.25, 0.3) is 0 Å². The molecule has 1 unspecified atom stereocenters. The van der Waals surface area contributed by atoms with Gasteiger partial charge in [-0.25, -0.2) is 0 Å². The fourth-order valence-corrected chi connectivity index (χ4v) is 2.54. The predicted octanol–water partition coefficient (Wildman–Crippen LogP) is -0.602. The van der Waals surface area contributed by atoms with E-state index in [1.807, 2.05) is 0 Å². The van der Waals surface area contributed by atoms with Gasteiger partial charge in [0.2, 0.25) is 0 Å². The first kappa shape index (κ1) is 13.5. The van der Waals surface area contributed by atoms with E-state index < -0.39 is 0 Å². The standard InChI is InChI=1S/C15H24N2O/c1-17(2)10-5-9-16-12-15-14-7-4-3-6-13(14)8-11-18-15/h3-4,6-7,15-16H,5,8-12H2,1-2H3/p+2. The van der Waals surface area contributed by atoms with E-state index in [-0.39, 0.29) is 0 Å². The summed E-state index contributed by atoms with van der Waals surface area (Å²) in [6, 6.07) is 8.71. The summed E-state index contributed by atoms with van der Waals surface area (Å²) in [5.41, 5.74) is 2.87. The quantitative estimate of drug-likeness (QED) is 0.649. The highest BCUT2D eigenvalue weighted by Gasteiger charge is 2.21. The average Bonchev–Trinajstić information content (AvgIpc) is 2.38. The Morgan fingerprint density at radius 1 is 1.33 bits per heavy atom. The minimum atomic E-state index is 0.293. The number of benzene rings is 1. The molecule has 1 aliphatic heterocycles. The number of ether oxygens (including phenoxy) is 1. The second kappa shape index (κ2) is 6.88. The normalized spacial score (nSPS) is 18.9. The molecule has 1 atom stereocenters. The summed E-state index contributed by atoms with van der Waals surface area (Å²) >= 11 is 0. The van der Waals surface area contributed by atoms with Gasteiger partial charge in [-0.15, -0.1) is 0 Å². The summed E-state index contributed by atoms with van der Waals surface area (Å²) in [6.45, 7) is 4.38. The number of quaternary nitrogens is 2. The summed E-state index contributed by atoms with van der Waals surface area (Å²) in [5, 5.41) is 2.40. The van der Waals surface area contributed by atoms with E-state index in [2.05, 4.69) is 43.7 Å². The van der Waals surface area contributed by atoms with Gasteiger partial charge in [-0.05, 0) is 17.5 Å². The highest BCUT2D eigenvalue weighted by Crippen LogP contribution is 2.25. The van der Waals surface area contributed by atoms with Crippen LogP contribution in [-0.4, -0.2) is 40.3 Å². The fraction of sp³-hybridized carbons (Fsp3) is 0.600. The van der Waals surface area contributed by atoms with E-state index in [0.717, 1.165) is 19.6 Å². The van der Waals surface area contributed by atoms with Crippen LogP contribution in [0.2, 0.25) is 0 Å².